The van der Waals surface area contributed by atoms with Crippen molar-refractivity contribution in [2.75, 3.05) is 32.1 Å². The number of carbonyl (C=O) groups is 1. The Morgan fingerprint density at radius 3 is 2.20 bits per heavy atom. The van der Waals surface area contributed by atoms with Gasteiger partial charge in [0.1, 0.15) is 17.3 Å². The highest BCUT2D eigenvalue weighted by Crippen LogP contribution is 2.25. The van der Waals surface area contributed by atoms with Crippen molar-refractivity contribution < 1.29 is 13.6 Å². The first-order valence-electron chi connectivity index (χ1n) is 6.53. The number of nitrogens with two attached hydrogens (primary N) is 1. The van der Waals surface area contributed by atoms with Gasteiger partial charge >= 0.3 is 0 Å². The van der Waals surface area contributed by atoms with Gasteiger partial charge in [0.2, 0.25) is 5.91 Å². The zero-order chi connectivity index (χ0) is 15.3. The van der Waals surface area contributed by atoms with Crippen LogP contribution in [0.3, 0.4) is 0 Å². The molecule has 0 fully saturated rings. The third kappa shape index (κ3) is 3.90. The molecular formula is C14H21F2N3O. The summed E-state index contributed by atoms with van der Waals surface area (Å²) in [4.78, 5) is 14.6. The molecule has 0 atom stereocenters. The number of halogens is 2. The van der Waals surface area contributed by atoms with Crippen molar-refractivity contribution in [3.8, 4) is 0 Å². The maximum Gasteiger partial charge on any atom is 0.241 e. The van der Waals surface area contributed by atoms with Crippen LogP contribution >= 0.6 is 0 Å². The maximum atomic E-state index is 14.1. The number of anilines is 1. The van der Waals surface area contributed by atoms with Crippen LogP contribution in [0.25, 0.3) is 0 Å². The molecule has 0 aliphatic heterocycles. The summed E-state index contributed by atoms with van der Waals surface area (Å²) in [7, 11) is 3.22. The molecule has 1 aromatic carbocycles. The number of nitrogens with zero attached hydrogens (tertiary/aromatic N) is 2. The molecule has 1 aromatic rings. The van der Waals surface area contributed by atoms with Gasteiger partial charge in [0.05, 0.1) is 6.54 Å². The normalized spacial score (nSPS) is 10.5. The molecule has 0 bridgehead atoms. The number of amides is 1. The van der Waals surface area contributed by atoms with Gasteiger partial charge < -0.3 is 15.5 Å². The molecule has 0 aliphatic carbocycles. The van der Waals surface area contributed by atoms with Crippen LogP contribution in [0.15, 0.2) is 12.1 Å². The lowest BCUT2D eigenvalue weighted by atomic mass is 10.1. The molecule has 0 saturated carbocycles. The maximum absolute atomic E-state index is 14.1. The summed E-state index contributed by atoms with van der Waals surface area (Å²) in [6.07, 6.45) is 0.679. The van der Waals surface area contributed by atoms with Gasteiger partial charge in [-0.15, -0.1) is 0 Å². The van der Waals surface area contributed by atoms with Gasteiger partial charge in [-0.25, -0.2) is 8.78 Å². The van der Waals surface area contributed by atoms with E-state index >= 15 is 0 Å². The fourth-order valence-electron chi connectivity index (χ4n) is 1.88. The summed E-state index contributed by atoms with van der Waals surface area (Å²) in [5.41, 5.74) is 5.61. The molecule has 1 rings (SSSR count). The van der Waals surface area contributed by atoms with Crippen LogP contribution in [0, 0.1) is 11.6 Å². The van der Waals surface area contributed by atoms with Crippen molar-refractivity contribution in [3.63, 3.8) is 0 Å². The van der Waals surface area contributed by atoms with E-state index < -0.39 is 11.6 Å². The zero-order valence-corrected chi connectivity index (χ0v) is 12.1. The largest absolute Gasteiger partial charge is 0.357 e. The van der Waals surface area contributed by atoms with Crippen molar-refractivity contribution >= 4 is 11.6 Å². The van der Waals surface area contributed by atoms with Crippen LogP contribution in [-0.2, 0) is 11.3 Å². The van der Waals surface area contributed by atoms with Gasteiger partial charge in [-0.1, -0.05) is 6.92 Å². The molecule has 112 valence electrons. The Labute approximate surface area is 118 Å². The molecule has 1 amide bonds. The van der Waals surface area contributed by atoms with Crippen LogP contribution in [0.5, 0.6) is 0 Å². The lowest BCUT2D eigenvalue weighted by Crippen LogP contribution is -2.38. The van der Waals surface area contributed by atoms with Crippen LogP contribution in [-0.4, -0.2) is 38.0 Å². The topological polar surface area (TPSA) is 49.6 Å². The second-order valence-corrected chi connectivity index (χ2v) is 4.82. The Morgan fingerprint density at radius 2 is 1.80 bits per heavy atom. The molecule has 2 N–H and O–H groups in total. The Bertz CT molecular complexity index is 454. The standard InChI is InChI=1S/C14H21F2N3O/c1-4-5-19(9-13(20)18(2)3)14-11(15)6-10(8-17)7-12(14)16/h6-7H,4-5,8-9,17H2,1-3H3. The van der Waals surface area contributed by atoms with Gasteiger partial charge in [-0.3, -0.25) is 4.79 Å². The van der Waals surface area contributed by atoms with E-state index in [1.54, 1.807) is 14.1 Å². The number of carbonyl (C=O) groups excluding carboxylic acids is 1. The number of likely N-dealkylation sites (N-methyl/N-ethyl adjacent to an activating group) is 1. The van der Waals surface area contributed by atoms with Crippen LogP contribution in [0.2, 0.25) is 0 Å². The van der Waals surface area contributed by atoms with Crippen molar-refractivity contribution in [1.29, 1.82) is 0 Å². The SMILES string of the molecule is CCCN(CC(=O)N(C)C)c1c(F)cc(CN)cc1F. The number of hydrogen-bond acceptors (Lipinski definition) is 3. The Kier molecular flexibility index (Phi) is 5.88. The highest BCUT2D eigenvalue weighted by atomic mass is 19.1. The highest BCUT2D eigenvalue weighted by molar-refractivity contribution is 5.81. The molecule has 0 spiro atoms. The minimum absolute atomic E-state index is 0.0589. The third-order valence-corrected chi connectivity index (χ3v) is 2.95. The van der Waals surface area contributed by atoms with E-state index in [0.717, 1.165) is 0 Å². The molecule has 0 unspecified atom stereocenters. The summed E-state index contributed by atoms with van der Waals surface area (Å²) in [5.74, 6) is -1.59. The predicted molar refractivity (Wildman–Crippen MR) is 75.4 cm³/mol. The smallest absolute Gasteiger partial charge is 0.241 e. The fraction of sp³-hybridized carbons (Fsp3) is 0.500. The monoisotopic (exact) mass is 285 g/mol. The molecule has 0 aromatic heterocycles. The molecule has 0 radical (unpaired) electrons. The number of hydrogen-bond donors (Lipinski definition) is 1. The molecule has 6 heteroatoms. The fourth-order valence-corrected chi connectivity index (χ4v) is 1.88. The van der Waals surface area contributed by atoms with E-state index in [0.29, 0.717) is 18.5 Å². The van der Waals surface area contributed by atoms with Gasteiger partial charge in [0, 0.05) is 27.2 Å². The van der Waals surface area contributed by atoms with Crippen LogP contribution in [0.4, 0.5) is 14.5 Å². The van der Waals surface area contributed by atoms with Crippen molar-refractivity contribution in [3.05, 3.63) is 29.3 Å². The lowest BCUT2D eigenvalue weighted by Gasteiger charge is -2.26. The molecule has 20 heavy (non-hydrogen) atoms. The van der Waals surface area contributed by atoms with E-state index in [4.69, 9.17) is 5.73 Å². The van der Waals surface area contributed by atoms with Crippen LogP contribution < -0.4 is 10.6 Å². The van der Waals surface area contributed by atoms with E-state index in [1.165, 1.54) is 21.9 Å². The highest BCUT2D eigenvalue weighted by Gasteiger charge is 2.20. The van der Waals surface area contributed by atoms with E-state index in [-0.39, 0.29) is 24.7 Å². The van der Waals surface area contributed by atoms with Gasteiger partial charge in [-0.05, 0) is 24.1 Å². The minimum Gasteiger partial charge on any atom is -0.357 e. The molecule has 0 aliphatic rings. The molecule has 0 heterocycles. The quantitative estimate of drug-likeness (QED) is 0.866. The summed E-state index contributed by atoms with van der Waals surface area (Å²) < 4.78 is 28.1. The Balaban J connectivity index is 3.11. The first-order valence-corrected chi connectivity index (χ1v) is 6.53. The average Bonchev–Trinajstić information content (AvgIpc) is 2.37. The Hall–Kier alpha value is -1.69. The van der Waals surface area contributed by atoms with Gasteiger partial charge in [-0.2, -0.15) is 0 Å². The molecule has 0 saturated heterocycles. The Morgan fingerprint density at radius 1 is 1.25 bits per heavy atom. The van der Waals surface area contributed by atoms with Crippen molar-refractivity contribution in [2.24, 2.45) is 5.73 Å². The minimum atomic E-state index is -0.689. The summed E-state index contributed by atoms with van der Waals surface area (Å²) >= 11 is 0. The molecule has 4 nitrogen and oxygen atoms in total. The number of benzene rings is 1. The summed E-state index contributed by atoms with van der Waals surface area (Å²) in [5, 5.41) is 0. The average molecular weight is 285 g/mol. The van der Waals surface area contributed by atoms with Gasteiger partial charge in [0.15, 0.2) is 0 Å². The van der Waals surface area contributed by atoms with Crippen LogP contribution in [0.1, 0.15) is 18.9 Å². The first-order chi connectivity index (χ1) is 9.40. The summed E-state index contributed by atoms with van der Waals surface area (Å²) in [6, 6.07) is 2.42. The van der Waals surface area contributed by atoms with Crippen molar-refractivity contribution in [1.82, 2.24) is 4.90 Å². The number of rotatable bonds is 6. The lowest BCUT2D eigenvalue weighted by molar-refractivity contribution is -0.127. The van der Waals surface area contributed by atoms with Gasteiger partial charge in [0.25, 0.3) is 0 Å². The molecular weight excluding hydrogens is 264 g/mol. The second-order valence-electron chi connectivity index (χ2n) is 4.82. The third-order valence-electron chi connectivity index (χ3n) is 2.95. The first kappa shape index (κ1) is 16.4. The zero-order valence-electron chi connectivity index (χ0n) is 12.1. The van der Waals surface area contributed by atoms with E-state index in [2.05, 4.69) is 0 Å². The summed E-state index contributed by atoms with van der Waals surface area (Å²) in [6.45, 7) is 2.29. The predicted octanol–water partition coefficient (Wildman–Crippen LogP) is 1.73. The second kappa shape index (κ2) is 7.19. The van der Waals surface area contributed by atoms with Crippen molar-refractivity contribution in [2.45, 2.75) is 19.9 Å². The van der Waals surface area contributed by atoms with E-state index in [9.17, 15) is 13.6 Å². The van der Waals surface area contributed by atoms with E-state index in [1.807, 2.05) is 6.92 Å².